The van der Waals surface area contributed by atoms with Gasteiger partial charge in [0.25, 0.3) is 0 Å². The van der Waals surface area contributed by atoms with Crippen LogP contribution in [0.25, 0.3) is 0 Å². The average molecular weight is 264 g/mol. The second-order valence-corrected chi connectivity index (χ2v) is 4.75. The molecule has 2 N–H and O–H groups in total. The van der Waals surface area contributed by atoms with Crippen LogP contribution in [0.15, 0.2) is 30.3 Å². The van der Waals surface area contributed by atoms with Crippen molar-refractivity contribution in [1.82, 2.24) is 4.90 Å². The van der Waals surface area contributed by atoms with Crippen molar-refractivity contribution in [3.05, 3.63) is 30.3 Å². The lowest BCUT2D eigenvalue weighted by Crippen LogP contribution is -2.54. The number of nitrogens with zero attached hydrogens (tertiary/aromatic N) is 1. The van der Waals surface area contributed by atoms with E-state index < -0.39 is 5.54 Å². The Hall–Kier alpha value is -1.55. The lowest BCUT2D eigenvalue weighted by molar-refractivity contribution is -0.136. The number of ether oxygens (including phenoxy) is 1. The summed E-state index contributed by atoms with van der Waals surface area (Å²) >= 11 is 0. The highest BCUT2D eigenvalue weighted by Crippen LogP contribution is 2.14. The van der Waals surface area contributed by atoms with E-state index in [4.69, 9.17) is 10.5 Å². The minimum absolute atomic E-state index is 0.0193. The zero-order valence-electron chi connectivity index (χ0n) is 12.1. The highest BCUT2D eigenvalue weighted by molar-refractivity contribution is 5.85. The second-order valence-electron chi connectivity index (χ2n) is 4.75. The third-order valence-electron chi connectivity index (χ3n) is 3.47. The number of hydrogen-bond acceptors (Lipinski definition) is 3. The fraction of sp³-hybridized carbons (Fsp3) is 0.533. The number of amides is 1. The topological polar surface area (TPSA) is 55.6 Å². The molecule has 1 aromatic rings. The number of carbonyl (C=O) groups excluding carboxylic acids is 1. The van der Waals surface area contributed by atoms with E-state index in [0.29, 0.717) is 26.0 Å². The minimum Gasteiger partial charge on any atom is -0.492 e. The van der Waals surface area contributed by atoms with Gasteiger partial charge >= 0.3 is 0 Å². The molecule has 1 rings (SSSR count). The van der Waals surface area contributed by atoms with Gasteiger partial charge in [0.15, 0.2) is 0 Å². The van der Waals surface area contributed by atoms with Gasteiger partial charge in [0.2, 0.25) is 5.91 Å². The van der Waals surface area contributed by atoms with Crippen molar-refractivity contribution in [2.45, 2.75) is 32.2 Å². The molecule has 0 radical (unpaired) electrons. The molecule has 1 aromatic carbocycles. The number of nitrogens with two attached hydrogens (primary N) is 1. The highest BCUT2D eigenvalue weighted by Gasteiger charge is 2.32. The molecule has 0 fully saturated rings. The number of hydrogen-bond donors (Lipinski definition) is 1. The van der Waals surface area contributed by atoms with Crippen LogP contribution in [0.1, 0.15) is 26.7 Å². The summed E-state index contributed by atoms with van der Waals surface area (Å²) in [6.07, 6.45) is 1.29. The third kappa shape index (κ3) is 4.24. The molecule has 19 heavy (non-hydrogen) atoms. The van der Waals surface area contributed by atoms with Gasteiger partial charge in [-0.05, 0) is 25.0 Å². The van der Waals surface area contributed by atoms with E-state index in [0.717, 1.165) is 5.75 Å². The first-order valence-corrected chi connectivity index (χ1v) is 6.75. The molecule has 0 aliphatic rings. The summed E-state index contributed by atoms with van der Waals surface area (Å²) in [6.45, 7) is 4.88. The van der Waals surface area contributed by atoms with E-state index >= 15 is 0 Å². The molecule has 0 heterocycles. The summed E-state index contributed by atoms with van der Waals surface area (Å²) in [5, 5.41) is 0. The third-order valence-corrected chi connectivity index (χ3v) is 3.47. The second kappa shape index (κ2) is 7.14. The maximum absolute atomic E-state index is 12.2. The predicted molar refractivity (Wildman–Crippen MR) is 77.1 cm³/mol. The Morgan fingerprint density at radius 2 is 1.84 bits per heavy atom. The summed E-state index contributed by atoms with van der Waals surface area (Å²) < 4.78 is 5.57. The summed E-state index contributed by atoms with van der Waals surface area (Å²) in [7, 11) is 1.77. The first-order chi connectivity index (χ1) is 9.03. The number of benzene rings is 1. The molecule has 4 heteroatoms. The molecule has 4 nitrogen and oxygen atoms in total. The Morgan fingerprint density at radius 3 is 2.37 bits per heavy atom. The van der Waals surface area contributed by atoms with Gasteiger partial charge in [0, 0.05) is 7.05 Å². The molecular formula is C15H24N2O2. The highest BCUT2D eigenvalue weighted by atomic mass is 16.5. The smallest absolute Gasteiger partial charge is 0.242 e. The maximum atomic E-state index is 12.2. The molecule has 0 saturated heterocycles. The van der Waals surface area contributed by atoms with Crippen LogP contribution in [0.5, 0.6) is 5.75 Å². The van der Waals surface area contributed by atoms with Gasteiger partial charge < -0.3 is 15.4 Å². The van der Waals surface area contributed by atoms with Crippen molar-refractivity contribution in [2.75, 3.05) is 20.2 Å². The number of carbonyl (C=O) groups is 1. The Balaban J connectivity index is 2.43. The molecule has 106 valence electrons. The van der Waals surface area contributed by atoms with Gasteiger partial charge in [-0.2, -0.15) is 0 Å². The van der Waals surface area contributed by atoms with Crippen molar-refractivity contribution < 1.29 is 9.53 Å². The zero-order chi connectivity index (χ0) is 14.3. The summed E-state index contributed by atoms with van der Waals surface area (Å²) in [5.74, 6) is 0.794. The molecule has 1 amide bonds. The van der Waals surface area contributed by atoms with Crippen molar-refractivity contribution >= 4 is 5.91 Å². The Labute approximate surface area is 115 Å². The summed E-state index contributed by atoms with van der Waals surface area (Å²) in [5.41, 5.74) is 5.34. The van der Waals surface area contributed by atoms with Crippen LogP contribution in [-0.2, 0) is 4.79 Å². The number of rotatable bonds is 7. The molecule has 0 aromatic heterocycles. The molecule has 0 aliphatic carbocycles. The predicted octanol–water partition coefficient (Wildman–Crippen LogP) is 2.04. The van der Waals surface area contributed by atoms with Crippen LogP contribution >= 0.6 is 0 Å². The molecular weight excluding hydrogens is 240 g/mol. The molecule has 0 atom stereocenters. The lowest BCUT2D eigenvalue weighted by Gasteiger charge is -2.30. The van der Waals surface area contributed by atoms with E-state index in [-0.39, 0.29) is 5.91 Å². The lowest BCUT2D eigenvalue weighted by atomic mass is 9.92. The Morgan fingerprint density at radius 1 is 1.26 bits per heavy atom. The summed E-state index contributed by atoms with van der Waals surface area (Å²) in [6, 6.07) is 9.57. The van der Waals surface area contributed by atoms with Crippen molar-refractivity contribution in [3.63, 3.8) is 0 Å². The van der Waals surface area contributed by atoms with Gasteiger partial charge in [0.05, 0.1) is 12.1 Å². The molecule has 0 aliphatic heterocycles. The van der Waals surface area contributed by atoms with Gasteiger partial charge in [-0.25, -0.2) is 0 Å². The summed E-state index contributed by atoms with van der Waals surface area (Å²) in [4.78, 5) is 13.9. The van der Waals surface area contributed by atoms with E-state index in [9.17, 15) is 4.79 Å². The van der Waals surface area contributed by atoms with Crippen LogP contribution in [-0.4, -0.2) is 36.5 Å². The molecule has 0 bridgehead atoms. The minimum atomic E-state index is -0.749. The van der Waals surface area contributed by atoms with Gasteiger partial charge in [0.1, 0.15) is 12.4 Å². The SMILES string of the molecule is CCC(N)(CC)C(=O)N(C)CCOc1ccccc1. The maximum Gasteiger partial charge on any atom is 0.242 e. The first-order valence-electron chi connectivity index (χ1n) is 6.75. The van der Waals surface area contributed by atoms with Gasteiger partial charge in [-0.15, -0.1) is 0 Å². The Kier molecular flexibility index (Phi) is 5.83. The first kappa shape index (κ1) is 15.5. The van der Waals surface area contributed by atoms with Crippen molar-refractivity contribution in [2.24, 2.45) is 5.73 Å². The van der Waals surface area contributed by atoms with Crippen molar-refractivity contribution in [1.29, 1.82) is 0 Å². The van der Waals surface area contributed by atoms with E-state index in [2.05, 4.69) is 0 Å². The molecule has 0 saturated carbocycles. The van der Waals surface area contributed by atoms with E-state index in [1.807, 2.05) is 44.2 Å². The number of likely N-dealkylation sites (N-methyl/N-ethyl adjacent to an activating group) is 1. The Bertz CT molecular complexity index is 388. The van der Waals surface area contributed by atoms with Crippen molar-refractivity contribution in [3.8, 4) is 5.75 Å². The fourth-order valence-corrected chi connectivity index (χ4v) is 1.85. The fourth-order valence-electron chi connectivity index (χ4n) is 1.85. The van der Waals surface area contributed by atoms with E-state index in [1.54, 1.807) is 11.9 Å². The van der Waals surface area contributed by atoms with Crippen LogP contribution in [0.2, 0.25) is 0 Å². The normalized spacial score (nSPS) is 11.2. The quantitative estimate of drug-likeness (QED) is 0.820. The monoisotopic (exact) mass is 264 g/mol. The van der Waals surface area contributed by atoms with Crippen LogP contribution in [0.4, 0.5) is 0 Å². The largest absolute Gasteiger partial charge is 0.492 e. The van der Waals surface area contributed by atoms with E-state index in [1.165, 1.54) is 0 Å². The molecule has 0 unspecified atom stereocenters. The average Bonchev–Trinajstić information content (AvgIpc) is 2.46. The van der Waals surface area contributed by atoms with Gasteiger partial charge in [-0.3, -0.25) is 4.79 Å². The standard InChI is InChI=1S/C15H24N2O2/c1-4-15(16,5-2)14(18)17(3)11-12-19-13-9-7-6-8-10-13/h6-10H,4-5,11-12,16H2,1-3H3. The van der Waals surface area contributed by atoms with Crippen LogP contribution < -0.4 is 10.5 Å². The number of para-hydroxylation sites is 1. The van der Waals surface area contributed by atoms with Gasteiger partial charge in [-0.1, -0.05) is 32.0 Å². The molecule has 0 spiro atoms. The van der Waals surface area contributed by atoms with Crippen LogP contribution in [0, 0.1) is 0 Å². The van der Waals surface area contributed by atoms with Crippen LogP contribution in [0.3, 0.4) is 0 Å². The zero-order valence-corrected chi connectivity index (χ0v) is 12.1.